The molecule has 2 atom stereocenters. The number of aromatic nitrogens is 5. The number of likely N-dealkylation sites (tertiary alicyclic amines) is 1. The average molecular weight is 670 g/mol. The van der Waals surface area contributed by atoms with E-state index in [4.69, 9.17) is 19.7 Å². The summed E-state index contributed by atoms with van der Waals surface area (Å²) < 4.78 is 5.69. The van der Waals surface area contributed by atoms with Gasteiger partial charge < -0.3 is 20.0 Å². The largest absolute Gasteiger partial charge is 0.444 e. The summed E-state index contributed by atoms with van der Waals surface area (Å²) in [6, 6.07) is 18.0. The number of benzene rings is 2. The van der Waals surface area contributed by atoms with Crippen molar-refractivity contribution >= 4 is 17.3 Å². The molecule has 0 unspecified atom stereocenters. The van der Waals surface area contributed by atoms with Crippen LogP contribution in [0.1, 0.15) is 107 Å². The van der Waals surface area contributed by atoms with Crippen LogP contribution in [0.25, 0.3) is 44.8 Å². The van der Waals surface area contributed by atoms with E-state index in [1.54, 1.807) is 0 Å². The van der Waals surface area contributed by atoms with Gasteiger partial charge in [0, 0.05) is 12.1 Å². The predicted molar refractivity (Wildman–Crippen MR) is 196 cm³/mol. The third-order valence-corrected chi connectivity index (χ3v) is 11.5. The van der Waals surface area contributed by atoms with Crippen molar-refractivity contribution in [2.45, 2.75) is 103 Å². The molecule has 1 amide bonds. The second-order valence-corrected chi connectivity index (χ2v) is 16.1. The highest BCUT2D eigenvalue weighted by atomic mass is 16.6. The number of pyridine rings is 1. The third-order valence-electron chi connectivity index (χ3n) is 11.5. The molecular weight excluding hydrogens is 622 g/mol. The molecule has 9 nitrogen and oxygen atoms in total. The molecule has 9 rings (SSSR count). The number of hydrogen-bond acceptors (Lipinski definition) is 6. The summed E-state index contributed by atoms with van der Waals surface area (Å²) in [5.41, 5.74) is 11.5. The van der Waals surface area contributed by atoms with Crippen molar-refractivity contribution in [2.24, 2.45) is 5.41 Å². The number of nitrogens with zero attached hydrogens (tertiary/aromatic N) is 4. The molecule has 0 radical (unpaired) electrons. The first-order chi connectivity index (χ1) is 24.2. The van der Waals surface area contributed by atoms with Gasteiger partial charge in [-0.15, -0.1) is 0 Å². The molecule has 5 aromatic rings. The number of ether oxygens (including phenoxy) is 1. The van der Waals surface area contributed by atoms with Gasteiger partial charge in [0.25, 0.3) is 0 Å². The van der Waals surface area contributed by atoms with Crippen LogP contribution in [0.15, 0.2) is 54.7 Å². The second kappa shape index (κ2) is 12.1. The summed E-state index contributed by atoms with van der Waals surface area (Å²) in [6.45, 7) is 7.44. The van der Waals surface area contributed by atoms with Crippen LogP contribution in [0.5, 0.6) is 0 Å². The van der Waals surface area contributed by atoms with Crippen LogP contribution < -0.4 is 5.32 Å². The van der Waals surface area contributed by atoms with E-state index in [-0.39, 0.29) is 12.1 Å². The van der Waals surface area contributed by atoms with E-state index in [0.717, 1.165) is 78.4 Å². The number of imidazole rings is 2. The van der Waals surface area contributed by atoms with Crippen molar-refractivity contribution < 1.29 is 9.53 Å². The highest BCUT2D eigenvalue weighted by Crippen LogP contribution is 2.53. The lowest BCUT2D eigenvalue weighted by molar-refractivity contribution is 0.0218. The summed E-state index contributed by atoms with van der Waals surface area (Å²) in [5, 5.41) is 3.56. The van der Waals surface area contributed by atoms with Crippen LogP contribution in [-0.2, 0) is 17.6 Å². The number of hydrogen-bond donors (Lipinski definition) is 3. The lowest BCUT2D eigenvalue weighted by Crippen LogP contribution is -2.36. The van der Waals surface area contributed by atoms with Crippen LogP contribution in [0.2, 0.25) is 0 Å². The quantitative estimate of drug-likeness (QED) is 0.172. The lowest BCUT2D eigenvalue weighted by Gasteiger charge is -2.27. The van der Waals surface area contributed by atoms with Crippen LogP contribution in [-0.4, -0.2) is 54.6 Å². The van der Waals surface area contributed by atoms with Crippen LogP contribution >= 0.6 is 0 Å². The average Bonchev–Trinajstić information content (AvgIpc) is 3.95. The smallest absolute Gasteiger partial charge is 0.410 e. The van der Waals surface area contributed by atoms with Crippen molar-refractivity contribution in [3.63, 3.8) is 0 Å². The Morgan fingerprint density at radius 1 is 0.840 bits per heavy atom. The molecule has 258 valence electrons. The second-order valence-electron chi connectivity index (χ2n) is 16.1. The summed E-state index contributed by atoms with van der Waals surface area (Å²) in [5.74, 6) is 1.82. The number of fused-ring (bicyclic) bond motifs is 2. The zero-order chi connectivity index (χ0) is 34.0. The molecule has 2 aliphatic carbocycles. The fraction of sp³-hybridized carbons (Fsp3) is 0.463. The van der Waals surface area contributed by atoms with Gasteiger partial charge in [-0.05, 0) is 124 Å². The predicted octanol–water partition coefficient (Wildman–Crippen LogP) is 8.84. The van der Waals surface area contributed by atoms with E-state index < -0.39 is 5.60 Å². The molecule has 3 N–H and O–H groups in total. The standard InChI is InChI=1S/C41H47N7O2/c1-40(2,3)50-39(49)48-21-7-9-35(48)38-43-24-34(46-38)26-12-10-25(11-13-26)27-14-15-28(30-23-41(22-29(27)30)18-4-5-19-41)31-16-17-33-37(44-31)47-36(45-33)32-8-6-20-42-32/h10-17,24,32,35,42H,4-9,18-23H2,1-3H3,(H,43,46)(H,44,45,47)/t32-,35-/m0/s1. The molecule has 1 spiro atoms. The Hall–Kier alpha value is -4.50. The Morgan fingerprint density at radius 2 is 1.60 bits per heavy atom. The Morgan fingerprint density at radius 3 is 2.36 bits per heavy atom. The molecule has 4 aliphatic rings. The molecule has 3 fully saturated rings. The van der Waals surface area contributed by atoms with E-state index in [0.29, 0.717) is 18.0 Å². The summed E-state index contributed by atoms with van der Waals surface area (Å²) in [4.78, 5) is 36.6. The number of carbonyl (C=O) groups is 1. The maximum Gasteiger partial charge on any atom is 0.410 e. The Kier molecular flexibility index (Phi) is 7.60. The number of rotatable bonds is 5. The fourth-order valence-corrected chi connectivity index (χ4v) is 9.11. The zero-order valence-corrected chi connectivity index (χ0v) is 29.4. The van der Waals surface area contributed by atoms with Gasteiger partial charge in [-0.25, -0.2) is 19.7 Å². The van der Waals surface area contributed by atoms with Crippen LogP contribution in [0.4, 0.5) is 4.79 Å². The summed E-state index contributed by atoms with van der Waals surface area (Å²) in [6.07, 6.45) is 13.2. The van der Waals surface area contributed by atoms with Crippen molar-refractivity contribution in [2.75, 3.05) is 13.1 Å². The Bertz CT molecular complexity index is 2060. The maximum atomic E-state index is 12.9. The molecule has 9 heteroatoms. The minimum atomic E-state index is -0.527. The molecule has 0 bridgehead atoms. The van der Waals surface area contributed by atoms with Gasteiger partial charge in [-0.1, -0.05) is 49.2 Å². The first-order valence-corrected chi connectivity index (χ1v) is 18.6. The first kappa shape index (κ1) is 31.5. The number of carbonyl (C=O) groups excluding carboxylic acids is 1. The molecule has 2 aromatic carbocycles. The van der Waals surface area contributed by atoms with E-state index in [9.17, 15) is 4.79 Å². The maximum absolute atomic E-state index is 12.9. The van der Waals surface area contributed by atoms with Crippen molar-refractivity contribution in [1.29, 1.82) is 0 Å². The molecule has 50 heavy (non-hydrogen) atoms. The van der Waals surface area contributed by atoms with Gasteiger partial charge >= 0.3 is 6.09 Å². The Labute approximate surface area is 293 Å². The van der Waals surface area contributed by atoms with E-state index in [1.165, 1.54) is 59.9 Å². The van der Waals surface area contributed by atoms with E-state index in [2.05, 4.69) is 63.8 Å². The van der Waals surface area contributed by atoms with Crippen LogP contribution in [0, 0.1) is 5.41 Å². The van der Waals surface area contributed by atoms with Crippen LogP contribution in [0.3, 0.4) is 0 Å². The van der Waals surface area contributed by atoms with E-state index >= 15 is 0 Å². The monoisotopic (exact) mass is 669 g/mol. The highest BCUT2D eigenvalue weighted by Gasteiger charge is 2.42. The van der Waals surface area contributed by atoms with Gasteiger partial charge in [0.15, 0.2) is 5.65 Å². The molecule has 2 saturated heterocycles. The lowest BCUT2D eigenvalue weighted by atomic mass is 9.82. The number of H-pyrrole nitrogens is 2. The van der Waals surface area contributed by atoms with Crippen molar-refractivity contribution in [3.05, 3.63) is 77.5 Å². The molecular formula is C41H47N7O2. The molecule has 2 aliphatic heterocycles. The highest BCUT2D eigenvalue weighted by molar-refractivity contribution is 5.81. The first-order valence-electron chi connectivity index (χ1n) is 18.6. The minimum absolute atomic E-state index is 0.100. The summed E-state index contributed by atoms with van der Waals surface area (Å²) in [7, 11) is 0. The van der Waals surface area contributed by atoms with Gasteiger partial charge in [0.1, 0.15) is 17.2 Å². The summed E-state index contributed by atoms with van der Waals surface area (Å²) >= 11 is 0. The van der Waals surface area contributed by atoms with Gasteiger partial charge in [0.05, 0.1) is 35.2 Å². The van der Waals surface area contributed by atoms with Gasteiger partial charge in [-0.3, -0.25) is 4.90 Å². The minimum Gasteiger partial charge on any atom is -0.444 e. The number of aromatic amines is 2. The van der Waals surface area contributed by atoms with E-state index in [1.807, 2.05) is 31.9 Å². The van der Waals surface area contributed by atoms with Gasteiger partial charge in [-0.2, -0.15) is 0 Å². The fourth-order valence-electron chi connectivity index (χ4n) is 9.11. The van der Waals surface area contributed by atoms with Crippen molar-refractivity contribution in [1.82, 2.24) is 35.1 Å². The molecule has 3 aromatic heterocycles. The Balaban J connectivity index is 1.00. The SMILES string of the molecule is CC(C)(C)OC(=O)N1CCC[C@H]1c1ncc(-c2ccc(-c3ccc(-c4ccc5[nH]c([C@@H]6CCCN6)nc5n4)c4c3CC3(CCCC3)C4)cc2)[nH]1. The van der Waals surface area contributed by atoms with Crippen molar-refractivity contribution in [3.8, 4) is 33.6 Å². The number of nitrogens with one attached hydrogen (secondary N) is 3. The number of amides is 1. The van der Waals surface area contributed by atoms with Gasteiger partial charge in [0.2, 0.25) is 0 Å². The molecule has 5 heterocycles. The topological polar surface area (TPSA) is 112 Å². The zero-order valence-electron chi connectivity index (χ0n) is 29.4. The normalized spacial score (nSPS) is 21.5. The molecule has 1 saturated carbocycles. The third kappa shape index (κ3) is 5.69.